The highest BCUT2D eigenvalue weighted by Crippen LogP contribution is 2.40. The molecule has 2 aliphatic heterocycles. The van der Waals surface area contributed by atoms with Crippen molar-refractivity contribution in [1.82, 2.24) is 20.2 Å². The maximum absolute atomic E-state index is 12.5. The van der Waals surface area contributed by atoms with E-state index in [1.54, 1.807) is 0 Å². The number of benzene rings is 2. The molecule has 2 atom stereocenters. The first-order chi connectivity index (χ1) is 15.7. The van der Waals surface area contributed by atoms with E-state index in [2.05, 4.69) is 62.6 Å². The molecule has 7 heteroatoms. The van der Waals surface area contributed by atoms with Crippen LogP contribution >= 0.6 is 0 Å². The van der Waals surface area contributed by atoms with Gasteiger partial charge in [-0.3, -0.25) is 4.79 Å². The van der Waals surface area contributed by atoms with Crippen molar-refractivity contribution in [2.75, 3.05) is 31.1 Å². The number of nitrogens with zero attached hydrogens (tertiary/aromatic N) is 3. The summed E-state index contributed by atoms with van der Waals surface area (Å²) in [4.78, 5) is 20.0. The average molecular weight is 430 g/mol. The van der Waals surface area contributed by atoms with Gasteiger partial charge in [-0.05, 0) is 25.0 Å². The summed E-state index contributed by atoms with van der Waals surface area (Å²) < 4.78 is 2.42. The van der Waals surface area contributed by atoms with Crippen molar-refractivity contribution in [2.24, 2.45) is 0 Å². The third-order valence-corrected chi connectivity index (χ3v) is 6.79. The fourth-order valence-electron chi connectivity index (χ4n) is 5.32. The molecule has 2 aromatic heterocycles. The number of aryl methyl sites for hydroxylation is 1. The Labute approximate surface area is 186 Å². The van der Waals surface area contributed by atoms with E-state index in [-0.39, 0.29) is 11.9 Å². The normalized spacial score (nSPS) is 20.8. The second kappa shape index (κ2) is 7.76. The molecule has 2 aliphatic rings. The summed E-state index contributed by atoms with van der Waals surface area (Å²) in [6.07, 6.45) is 1.07. The molecule has 6 rings (SSSR count). The Morgan fingerprint density at radius 2 is 1.94 bits per heavy atom. The van der Waals surface area contributed by atoms with Gasteiger partial charge in [-0.25, -0.2) is 4.98 Å². The van der Waals surface area contributed by atoms with Crippen LogP contribution in [0.4, 0.5) is 5.69 Å². The molecule has 2 aromatic carbocycles. The lowest BCUT2D eigenvalue weighted by molar-refractivity contribution is -0.122. The van der Waals surface area contributed by atoms with Crippen LogP contribution in [0, 0.1) is 0 Å². The fraction of sp³-hybridized carbons (Fsp3) is 0.360. The number of nitrogens with one attached hydrogen (secondary N) is 2. The molecule has 1 fully saturated rings. The number of carbonyl (C=O) groups excluding carboxylic acids is 1. The first kappa shape index (κ1) is 19.5. The van der Waals surface area contributed by atoms with Gasteiger partial charge >= 0.3 is 0 Å². The molecular weight excluding hydrogens is 402 g/mol. The van der Waals surface area contributed by atoms with Crippen LogP contribution in [0.2, 0.25) is 0 Å². The number of pyridine rings is 1. The van der Waals surface area contributed by atoms with Gasteiger partial charge in [0, 0.05) is 43.5 Å². The number of para-hydroxylation sites is 2. The maximum atomic E-state index is 12.5. The average Bonchev–Trinajstić information content (AvgIpc) is 3.32. The molecule has 1 amide bonds. The molecule has 164 valence electrons. The zero-order chi connectivity index (χ0) is 21.7. The van der Waals surface area contributed by atoms with Gasteiger partial charge in [-0.1, -0.05) is 36.4 Å². The molecule has 1 saturated heterocycles. The lowest BCUT2D eigenvalue weighted by atomic mass is 10.1. The molecule has 0 saturated carbocycles. The predicted octanol–water partition coefficient (Wildman–Crippen LogP) is 2.39. The molecule has 4 aromatic rings. The molecule has 32 heavy (non-hydrogen) atoms. The van der Waals surface area contributed by atoms with E-state index in [1.165, 1.54) is 22.1 Å². The van der Waals surface area contributed by atoms with Crippen LogP contribution in [-0.2, 0) is 11.3 Å². The lowest BCUT2D eigenvalue weighted by Gasteiger charge is -2.25. The summed E-state index contributed by atoms with van der Waals surface area (Å²) in [5.74, 6) is -0.0322. The summed E-state index contributed by atoms with van der Waals surface area (Å²) in [6, 6.07) is 16.6. The van der Waals surface area contributed by atoms with Gasteiger partial charge < -0.3 is 25.2 Å². The van der Waals surface area contributed by atoms with Crippen LogP contribution in [0.25, 0.3) is 32.8 Å². The maximum Gasteiger partial charge on any atom is 0.237 e. The number of aliphatic hydroxyl groups is 1. The quantitative estimate of drug-likeness (QED) is 0.464. The van der Waals surface area contributed by atoms with Crippen molar-refractivity contribution in [2.45, 2.75) is 31.5 Å². The molecule has 0 unspecified atom stereocenters. The van der Waals surface area contributed by atoms with E-state index in [4.69, 9.17) is 4.98 Å². The van der Waals surface area contributed by atoms with Gasteiger partial charge in [-0.15, -0.1) is 0 Å². The summed E-state index contributed by atoms with van der Waals surface area (Å²) in [6.45, 7) is 3.64. The molecule has 0 spiro atoms. The predicted molar refractivity (Wildman–Crippen MR) is 127 cm³/mol. The van der Waals surface area contributed by atoms with Gasteiger partial charge in [0.25, 0.3) is 0 Å². The number of anilines is 1. The molecule has 0 bridgehead atoms. The monoisotopic (exact) mass is 429 g/mol. The first-order valence-corrected chi connectivity index (χ1v) is 11.4. The molecule has 3 N–H and O–H groups in total. The van der Waals surface area contributed by atoms with Crippen LogP contribution in [0.15, 0.2) is 48.5 Å². The minimum Gasteiger partial charge on any atom is -0.392 e. The summed E-state index contributed by atoms with van der Waals surface area (Å²) >= 11 is 0. The van der Waals surface area contributed by atoms with Gasteiger partial charge in [-0.2, -0.15) is 0 Å². The van der Waals surface area contributed by atoms with Crippen molar-refractivity contribution in [3.05, 3.63) is 48.5 Å². The minimum absolute atomic E-state index is 0.0322. The number of amides is 1. The van der Waals surface area contributed by atoms with E-state index in [1.807, 2.05) is 6.07 Å². The van der Waals surface area contributed by atoms with Gasteiger partial charge in [0.05, 0.1) is 39.9 Å². The van der Waals surface area contributed by atoms with Crippen LogP contribution < -0.4 is 15.5 Å². The number of fused-ring (bicyclic) bond motifs is 5. The van der Waals surface area contributed by atoms with Crippen LogP contribution in [0.3, 0.4) is 0 Å². The second-order valence-electron chi connectivity index (χ2n) is 8.83. The number of carbonyl (C=O) groups is 1. The molecule has 4 heterocycles. The smallest absolute Gasteiger partial charge is 0.237 e. The summed E-state index contributed by atoms with van der Waals surface area (Å²) in [7, 11) is 0. The standard InChI is InChI=1S/C25H27N5O2/c31-16-14-20(27-15-16)25(32)26-10-13-29-11-5-12-30-21-9-4-2-7-18(21)22-24(30)23(29)17-6-1-3-8-19(17)28-22/h1-4,6-9,16,20,27,31H,5,10-15H2,(H,26,32)/t16-,20+/m1/s1. The Bertz CT molecular complexity index is 1330. The lowest BCUT2D eigenvalue weighted by Crippen LogP contribution is -2.43. The van der Waals surface area contributed by atoms with Gasteiger partial charge in [0.2, 0.25) is 5.91 Å². The second-order valence-corrected chi connectivity index (χ2v) is 8.83. The third kappa shape index (κ3) is 3.12. The van der Waals surface area contributed by atoms with Crippen LogP contribution in [0.1, 0.15) is 12.8 Å². The highest BCUT2D eigenvalue weighted by atomic mass is 16.3. The van der Waals surface area contributed by atoms with E-state index in [9.17, 15) is 9.90 Å². The Balaban J connectivity index is 1.39. The molecular formula is C25H27N5O2. The van der Waals surface area contributed by atoms with E-state index in [0.29, 0.717) is 19.5 Å². The Hall–Kier alpha value is -3.16. The number of aliphatic hydroxyl groups excluding tert-OH is 1. The first-order valence-electron chi connectivity index (χ1n) is 11.4. The van der Waals surface area contributed by atoms with Gasteiger partial charge in [0.1, 0.15) is 0 Å². The van der Waals surface area contributed by atoms with E-state index < -0.39 is 6.10 Å². The summed E-state index contributed by atoms with van der Waals surface area (Å²) in [5.41, 5.74) is 5.68. The number of β-amino-alcohol motifs (C(OH)–C–C–N with tert-alkyl or cyclic N) is 1. The number of hydrogen-bond donors (Lipinski definition) is 3. The van der Waals surface area contributed by atoms with Crippen molar-refractivity contribution in [1.29, 1.82) is 0 Å². The fourth-order valence-corrected chi connectivity index (χ4v) is 5.32. The SMILES string of the molecule is O=C(NCCN1CCCn2c3ccccc3c3nc4ccccc4c1c32)[C@@H]1C[C@@H](O)CN1. The Kier molecular flexibility index (Phi) is 4.73. The van der Waals surface area contributed by atoms with Crippen LogP contribution in [-0.4, -0.2) is 58.9 Å². The molecule has 0 aliphatic carbocycles. The summed E-state index contributed by atoms with van der Waals surface area (Å²) in [5, 5.41) is 18.2. The Morgan fingerprint density at radius 3 is 2.78 bits per heavy atom. The number of rotatable bonds is 4. The zero-order valence-electron chi connectivity index (χ0n) is 17.9. The third-order valence-electron chi connectivity index (χ3n) is 6.79. The Morgan fingerprint density at radius 1 is 1.12 bits per heavy atom. The van der Waals surface area contributed by atoms with Crippen molar-refractivity contribution in [3.63, 3.8) is 0 Å². The zero-order valence-corrected chi connectivity index (χ0v) is 17.9. The van der Waals surface area contributed by atoms with Crippen molar-refractivity contribution < 1.29 is 9.90 Å². The molecule has 7 nitrogen and oxygen atoms in total. The molecule has 0 radical (unpaired) electrons. The number of hydrogen-bond acceptors (Lipinski definition) is 5. The van der Waals surface area contributed by atoms with Crippen LogP contribution in [0.5, 0.6) is 0 Å². The number of aromatic nitrogens is 2. The van der Waals surface area contributed by atoms with Crippen molar-refractivity contribution >= 4 is 44.4 Å². The largest absolute Gasteiger partial charge is 0.392 e. The van der Waals surface area contributed by atoms with E-state index >= 15 is 0 Å². The van der Waals surface area contributed by atoms with Gasteiger partial charge in [0.15, 0.2) is 0 Å². The highest BCUT2D eigenvalue weighted by Gasteiger charge is 2.28. The minimum atomic E-state index is -0.435. The van der Waals surface area contributed by atoms with E-state index in [0.717, 1.165) is 42.5 Å². The topological polar surface area (TPSA) is 82.4 Å². The highest BCUT2D eigenvalue weighted by molar-refractivity contribution is 6.16. The van der Waals surface area contributed by atoms with Crippen molar-refractivity contribution in [3.8, 4) is 0 Å².